The molecule has 2 saturated heterocycles. The summed E-state index contributed by atoms with van der Waals surface area (Å²) in [5.41, 5.74) is 4.24. The fourth-order valence-electron chi connectivity index (χ4n) is 8.29. The first-order valence-corrected chi connectivity index (χ1v) is 20.3. The number of carbonyl (C=O) groups excluding carboxylic acids is 3. The minimum absolute atomic E-state index is 0.0509. The Hall–Kier alpha value is -5.75. The maximum atomic E-state index is 13.5. The number of allylic oxidation sites excluding steroid dienone is 1. The Bertz CT molecular complexity index is 2070. The van der Waals surface area contributed by atoms with E-state index in [2.05, 4.69) is 70.5 Å². The van der Waals surface area contributed by atoms with Crippen LogP contribution in [0.4, 0.5) is 11.6 Å². The topological polar surface area (TPSA) is 138 Å². The zero-order chi connectivity index (χ0) is 40.8. The minimum Gasteiger partial charge on any atom is -0.490 e. The van der Waals surface area contributed by atoms with Crippen molar-refractivity contribution in [1.82, 2.24) is 25.5 Å². The van der Waals surface area contributed by atoms with Crippen molar-refractivity contribution in [3.05, 3.63) is 120 Å². The summed E-state index contributed by atoms with van der Waals surface area (Å²) in [6, 6.07) is 23.1. The number of anilines is 2. The molecule has 2 amide bonds. The molecule has 0 spiro atoms. The maximum Gasteiger partial charge on any atom is 0.255 e. The second-order valence-corrected chi connectivity index (χ2v) is 16.3. The molecule has 58 heavy (non-hydrogen) atoms. The molecule has 3 unspecified atom stereocenters. The lowest BCUT2D eigenvalue weighted by atomic mass is 9.78. The van der Waals surface area contributed by atoms with E-state index >= 15 is 0 Å². The lowest BCUT2D eigenvalue weighted by Crippen LogP contribution is -2.47. The first kappa shape index (κ1) is 40.4. The molecule has 12 nitrogen and oxygen atoms in total. The Labute approximate surface area is 341 Å². The van der Waals surface area contributed by atoms with Crippen LogP contribution in [0.3, 0.4) is 0 Å². The molecule has 12 heteroatoms. The van der Waals surface area contributed by atoms with Crippen molar-refractivity contribution in [3.63, 3.8) is 0 Å². The zero-order valence-electron chi connectivity index (χ0n) is 33.9. The van der Waals surface area contributed by atoms with Gasteiger partial charge in [0.2, 0.25) is 11.9 Å². The molecule has 7 rings (SSSR count). The molecule has 3 aromatic carbocycles. The van der Waals surface area contributed by atoms with Crippen molar-refractivity contribution < 1.29 is 23.9 Å². The third-order valence-corrected chi connectivity index (χ3v) is 12.1. The third-order valence-electron chi connectivity index (χ3n) is 12.1. The van der Waals surface area contributed by atoms with Gasteiger partial charge in [-0.1, -0.05) is 44.2 Å². The van der Waals surface area contributed by atoms with Gasteiger partial charge in [-0.3, -0.25) is 14.4 Å². The number of amides is 2. The molecule has 3 N–H and O–H groups in total. The van der Waals surface area contributed by atoms with Gasteiger partial charge in [0.05, 0.1) is 11.3 Å². The summed E-state index contributed by atoms with van der Waals surface area (Å²) in [6.45, 7) is 12.7. The van der Waals surface area contributed by atoms with E-state index in [0.29, 0.717) is 37.6 Å². The van der Waals surface area contributed by atoms with Crippen LogP contribution in [0.1, 0.15) is 77.1 Å². The highest BCUT2D eigenvalue weighted by Gasteiger charge is 2.37. The van der Waals surface area contributed by atoms with Crippen LogP contribution in [0.15, 0.2) is 91.6 Å². The number of nitrogens with zero attached hydrogens (tertiary/aromatic N) is 4. The monoisotopic (exact) mass is 785 g/mol. The number of rotatable bonds is 17. The molecule has 2 aliphatic heterocycles. The van der Waals surface area contributed by atoms with Gasteiger partial charge in [-0.05, 0) is 84.3 Å². The van der Waals surface area contributed by atoms with Crippen molar-refractivity contribution >= 4 is 29.7 Å². The van der Waals surface area contributed by atoms with Crippen LogP contribution >= 0.6 is 0 Å². The molecular weight excluding hydrogens is 731 g/mol. The summed E-state index contributed by atoms with van der Waals surface area (Å²) in [5.74, 6) is 3.11. The van der Waals surface area contributed by atoms with Gasteiger partial charge in [0, 0.05) is 82.0 Å². The van der Waals surface area contributed by atoms with E-state index in [-0.39, 0.29) is 34.6 Å². The molecule has 304 valence electrons. The smallest absolute Gasteiger partial charge is 0.255 e. The molecule has 4 aromatic rings. The Morgan fingerprint density at radius 1 is 1.00 bits per heavy atom. The largest absolute Gasteiger partial charge is 0.490 e. The molecule has 0 radical (unpaired) electrons. The summed E-state index contributed by atoms with van der Waals surface area (Å²) in [5, 5.41) is 9.60. The van der Waals surface area contributed by atoms with E-state index < -0.39 is 11.9 Å². The Kier molecular flexibility index (Phi) is 12.4. The summed E-state index contributed by atoms with van der Waals surface area (Å²) in [7, 11) is 3.13. The number of fused-ring (bicyclic) bond motifs is 1. The normalized spacial score (nSPS) is 20.3. The maximum absolute atomic E-state index is 13.5. The molecule has 0 bridgehead atoms. The van der Waals surface area contributed by atoms with Crippen molar-refractivity contribution in [2.75, 3.05) is 50.5 Å². The van der Waals surface area contributed by atoms with E-state index in [0.717, 1.165) is 67.8 Å². The Morgan fingerprint density at radius 2 is 1.67 bits per heavy atom. The first-order chi connectivity index (χ1) is 28.1. The SMILES string of the molecule is C=CCCC(C(=O)NC)N(C)C(=O)c1cc(NC2CC(Oc3ccc(C(C)(C)c4ccc(OCc5ccnc(N6CC7CNCC7C6)n5)cc4)cc3)C2)ccc1C=O. The number of nitrogens with one attached hydrogen (secondary N) is 3. The van der Waals surface area contributed by atoms with Gasteiger partial charge < -0.3 is 35.2 Å². The van der Waals surface area contributed by atoms with Gasteiger partial charge in [-0.15, -0.1) is 6.58 Å². The molecule has 1 saturated carbocycles. The van der Waals surface area contributed by atoms with E-state index in [9.17, 15) is 14.4 Å². The fourth-order valence-corrected chi connectivity index (χ4v) is 8.29. The van der Waals surface area contributed by atoms with E-state index in [4.69, 9.17) is 14.5 Å². The first-order valence-electron chi connectivity index (χ1n) is 20.3. The van der Waals surface area contributed by atoms with Gasteiger partial charge in [-0.25, -0.2) is 9.97 Å². The number of hydrogen-bond donors (Lipinski definition) is 3. The van der Waals surface area contributed by atoms with Gasteiger partial charge in [0.25, 0.3) is 5.91 Å². The second kappa shape index (κ2) is 17.8. The standard InChI is InChI=1S/C46H55N7O5/c1-6-7-8-42(43(55)47-4)52(5)44(56)41-23-35(14-9-30(41)28-54)50-37-21-40(22-37)58-39-17-12-34(13-18-39)46(2,3)33-10-15-38(16-11-33)57-29-36-19-20-49-45(51-36)53-26-31-24-48-25-32(31)27-53/h6,9-20,23,28,31-32,37,40,42,48,50H,1,7-8,21-22,24-27,29H2,2-5H3,(H,47,55). The van der Waals surface area contributed by atoms with Crippen molar-refractivity contribution in [3.8, 4) is 11.5 Å². The van der Waals surface area contributed by atoms with Crippen LogP contribution in [0.2, 0.25) is 0 Å². The summed E-state index contributed by atoms with van der Waals surface area (Å²) >= 11 is 0. The average molecular weight is 786 g/mol. The van der Waals surface area contributed by atoms with Gasteiger partial charge in [-0.2, -0.15) is 0 Å². The molecule has 3 heterocycles. The number of hydrogen-bond acceptors (Lipinski definition) is 10. The lowest BCUT2D eigenvalue weighted by molar-refractivity contribution is -0.125. The van der Waals surface area contributed by atoms with E-state index in [1.54, 1.807) is 38.4 Å². The number of likely N-dealkylation sites (N-methyl/N-ethyl adjacent to an activating group) is 2. The van der Waals surface area contributed by atoms with Crippen LogP contribution in [-0.2, 0) is 16.8 Å². The summed E-state index contributed by atoms with van der Waals surface area (Å²) in [6.07, 6.45) is 6.84. The highest BCUT2D eigenvalue weighted by molar-refractivity contribution is 6.03. The van der Waals surface area contributed by atoms with Crippen LogP contribution in [0, 0.1) is 11.8 Å². The number of carbonyl (C=O) groups is 3. The van der Waals surface area contributed by atoms with Gasteiger partial charge >= 0.3 is 0 Å². The number of aromatic nitrogens is 2. The fraction of sp³-hybridized carbons (Fsp3) is 0.413. The van der Waals surface area contributed by atoms with E-state index in [1.807, 2.05) is 36.5 Å². The molecule has 3 fully saturated rings. The Balaban J connectivity index is 0.891. The summed E-state index contributed by atoms with van der Waals surface area (Å²) < 4.78 is 12.5. The molecule has 1 aliphatic carbocycles. The molecule has 1 aromatic heterocycles. The Morgan fingerprint density at radius 3 is 2.31 bits per heavy atom. The molecular formula is C46H55N7O5. The number of benzene rings is 3. The number of ether oxygens (including phenoxy) is 2. The minimum atomic E-state index is -0.683. The van der Waals surface area contributed by atoms with Crippen LogP contribution in [0.25, 0.3) is 0 Å². The lowest BCUT2D eigenvalue weighted by Gasteiger charge is -2.36. The van der Waals surface area contributed by atoms with Crippen molar-refractivity contribution in [2.24, 2.45) is 11.8 Å². The quantitative estimate of drug-likeness (QED) is 0.0861. The highest BCUT2D eigenvalue weighted by atomic mass is 16.5. The third kappa shape index (κ3) is 9.02. The van der Waals surface area contributed by atoms with Crippen molar-refractivity contribution in [1.29, 1.82) is 0 Å². The number of aldehydes is 1. The zero-order valence-corrected chi connectivity index (χ0v) is 33.9. The van der Waals surface area contributed by atoms with Crippen molar-refractivity contribution in [2.45, 2.75) is 69.7 Å². The van der Waals surface area contributed by atoms with Gasteiger partial charge in [0.15, 0.2) is 6.29 Å². The van der Waals surface area contributed by atoms with Gasteiger partial charge in [0.1, 0.15) is 30.3 Å². The second-order valence-electron chi connectivity index (χ2n) is 16.3. The van der Waals surface area contributed by atoms with Crippen LogP contribution < -0.4 is 30.3 Å². The average Bonchev–Trinajstić information content (AvgIpc) is 3.86. The van der Waals surface area contributed by atoms with Crippen LogP contribution in [0.5, 0.6) is 11.5 Å². The van der Waals surface area contributed by atoms with E-state index in [1.165, 1.54) is 16.0 Å². The predicted octanol–water partition coefficient (Wildman–Crippen LogP) is 6.02. The molecule has 3 atom stereocenters. The molecule has 3 aliphatic rings. The highest BCUT2D eigenvalue weighted by Crippen LogP contribution is 2.35. The summed E-state index contributed by atoms with van der Waals surface area (Å²) in [4.78, 5) is 51.0. The van der Waals surface area contributed by atoms with Crippen LogP contribution in [-0.4, -0.2) is 91.4 Å². The predicted molar refractivity (Wildman–Crippen MR) is 226 cm³/mol.